The van der Waals surface area contributed by atoms with E-state index >= 15 is 0 Å². The molecule has 40 heavy (non-hydrogen) atoms. The second-order valence-electron chi connectivity index (χ2n) is 9.81. The van der Waals surface area contributed by atoms with Crippen molar-refractivity contribution in [1.29, 1.82) is 0 Å². The quantitative estimate of drug-likeness (QED) is 0.394. The van der Waals surface area contributed by atoms with E-state index in [0.29, 0.717) is 23.4 Å². The number of aromatic nitrogens is 1. The van der Waals surface area contributed by atoms with E-state index < -0.39 is 44.6 Å². The number of alkyl halides is 3. The fourth-order valence-corrected chi connectivity index (χ4v) is 8.40. The van der Waals surface area contributed by atoms with Crippen LogP contribution in [0.1, 0.15) is 24.3 Å². The maximum atomic E-state index is 14.2. The first-order valence-corrected chi connectivity index (χ1v) is 14.6. The third-order valence-electron chi connectivity index (χ3n) is 7.36. The zero-order chi connectivity index (χ0) is 28.9. The summed E-state index contributed by atoms with van der Waals surface area (Å²) in [7, 11) is -1.31. The van der Waals surface area contributed by atoms with Crippen molar-refractivity contribution in [2.24, 2.45) is 0 Å². The number of amides is 1. The van der Waals surface area contributed by atoms with Crippen LogP contribution in [-0.4, -0.2) is 81.2 Å². The number of likely N-dealkylation sites (tertiary alicyclic amines) is 1. The molecule has 2 aliphatic heterocycles. The van der Waals surface area contributed by atoms with Gasteiger partial charge in [0.05, 0.1) is 4.88 Å². The van der Waals surface area contributed by atoms with Crippen LogP contribution in [0.25, 0.3) is 10.6 Å². The number of hydrogen-bond donors (Lipinski definition) is 0. The lowest BCUT2D eigenvalue weighted by Gasteiger charge is -2.36. The number of quaternary nitrogens is 1. The lowest BCUT2D eigenvalue weighted by Crippen LogP contribution is -2.56. The van der Waals surface area contributed by atoms with Crippen molar-refractivity contribution < 1.29 is 40.5 Å². The summed E-state index contributed by atoms with van der Waals surface area (Å²) in [6.45, 7) is 0.761. The molecule has 214 valence electrons. The molecular weight excluding hydrogens is 573 g/mol. The number of likely N-dealkylation sites (N-methyl/N-ethyl adjacent to an activating group) is 1. The largest absolute Gasteiger partial charge is 0.497 e. The number of halogens is 3. The number of hydroxylamine groups is 1. The number of piperidine rings is 1. The summed E-state index contributed by atoms with van der Waals surface area (Å²) < 4.78 is 71.5. The standard InChI is InChI=1S/C25H26F3N4O6S2/c1-30-12-9-16(10-13-30)31(2)23(33)18-15-32(38-24(34)25(26,27)28,20-6-4-3-5-17(18)20)40(35,36)22-8-7-21(39-22)19-11-14-37-29-19/h3-8,11,14,16,18H,9-10,12-13,15H2,1-2H3/q+1. The molecule has 3 aromatic rings. The van der Waals surface area contributed by atoms with Gasteiger partial charge in [-0.2, -0.15) is 21.6 Å². The van der Waals surface area contributed by atoms with Gasteiger partial charge in [-0.25, -0.2) is 9.63 Å². The van der Waals surface area contributed by atoms with Crippen LogP contribution in [0.4, 0.5) is 18.9 Å². The molecule has 0 radical (unpaired) electrons. The fourth-order valence-electron chi connectivity index (χ4n) is 5.18. The van der Waals surface area contributed by atoms with Crippen LogP contribution in [-0.2, 0) is 24.4 Å². The third-order valence-corrected chi connectivity index (χ3v) is 11.0. The summed E-state index contributed by atoms with van der Waals surface area (Å²) in [6, 6.07) is 9.72. The van der Waals surface area contributed by atoms with E-state index in [1.54, 1.807) is 13.1 Å². The normalized spacial score (nSPS) is 22.2. The van der Waals surface area contributed by atoms with Gasteiger partial charge < -0.3 is 14.3 Å². The minimum absolute atomic E-state index is 0.130. The van der Waals surface area contributed by atoms with Crippen molar-refractivity contribution in [3.63, 3.8) is 0 Å². The Balaban J connectivity index is 1.59. The molecule has 1 saturated heterocycles. The van der Waals surface area contributed by atoms with Crippen LogP contribution in [0.15, 0.2) is 57.5 Å². The van der Waals surface area contributed by atoms with Crippen LogP contribution in [0.3, 0.4) is 0 Å². The molecule has 4 heterocycles. The molecule has 0 aliphatic carbocycles. The first kappa shape index (κ1) is 28.3. The second kappa shape index (κ2) is 10.3. The maximum Gasteiger partial charge on any atom is 0.497 e. The highest BCUT2D eigenvalue weighted by Crippen LogP contribution is 2.49. The molecular formula is C25H26F3N4O6S2+. The number of carbonyl (C=O) groups excluding carboxylic acids is 2. The Hall–Kier alpha value is -3.27. The molecule has 15 heteroatoms. The van der Waals surface area contributed by atoms with Crippen LogP contribution < -0.4 is 4.05 Å². The Labute approximate surface area is 232 Å². The molecule has 1 fully saturated rings. The molecule has 2 unspecified atom stereocenters. The summed E-state index contributed by atoms with van der Waals surface area (Å²) in [5.74, 6) is -4.32. The highest BCUT2D eigenvalue weighted by molar-refractivity contribution is 7.93. The molecule has 2 atom stereocenters. The van der Waals surface area contributed by atoms with Crippen molar-refractivity contribution in [3.05, 3.63) is 54.3 Å². The summed E-state index contributed by atoms with van der Waals surface area (Å²) >= 11 is 0.732. The van der Waals surface area contributed by atoms with E-state index in [1.807, 2.05) is 7.05 Å². The predicted octanol–water partition coefficient (Wildman–Crippen LogP) is 3.77. The molecule has 0 spiro atoms. The van der Waals surface area contributed by atoms with Gasteiger partial charge in [0, 0.05) is 34.8 Å². The minimum atomic E-state index is -5.48. The van der Waals surface area contributed by atoms with Crippen LogP contribution in [0.2, 0.25) is 0 Å². The molecule has 5 rings (SSSR count). The van der Waals surface area contributed by atoms with E-state index in [4.69, 9.17) is 9.36 Å². The summed E-state index contributed by atoms with van der Waals surface area (Å²) in [6.07, 6.45) is -2.82. The van der Waals surface area contributed by atoms with E-state index in [0.717, 1.165) is 24.4 Å². The average molecular weight is 600 g/mol. The minimum Gasteiger partial charge on any atom is -0.364 e. The van der Waals surface area contributed by atoms with Gasteiger partial charge in [0.2, 0.25) is 5.91 Å². The summed E-state index contributed by atoms with van der Waals surface area (Å²) in [4.78, 5) is 35.0. The molecule has 0 bridgehead atoms. The van der Waals surface area contributed by atoms with Gasteiger partial charge >= 0.3 is 22.2 Å². The van der Waals surface area contributed by atoms with E-state index in [2.05, 4.69) is 10.1 Å². The first-order valence-electron chi connectivity index (χ1n) is 12.3. The zero-order valence-corrected chi connectivity index (χ0v) is 23.1. The monoisotopic (exact) mass is 599 g/mol. The molecule has 0 saturated carbocycles. The Morgan fingerprint density at radius 1 is 1.15 bits per heavy atom. The van der Waals surface area contributed by atoms with E-state index in [1.165, 1.54) is 47.6 Å². The topological polar surface area (TPSA) is 110 Å². The average Bonchev–Trinajstić information content (AvgIpc) is 3.68. The zero-order valence-electron chi connectivity index (χ0n) is 21.5. The smallest absolute Gasteiger partial charge is 0.364 e. The SMILES string of the molecule is CN1CCC(N(C)C(=O)C2C[N+](OC(=O)C(F)(F)F)(S(=O)(=O)c3ccc(-c4ccon4)s3)c3ccccc32)CC1. The Morgan fingerprint density at radius 3 is 2.50 bits per heavy atom. The lowest BCUT2D eigenvalue weighted by molar-refractivity contribution is -0.220. The number of carbonyl (C=O) groups is 2. The third kappa shape index (κ3) is 4.80. The van der Waals surface area contributed by atoms with Crippen molar-refractivity contribution in [1.82, 2.24) is 19.0 Å². The number of thiophene rings is 1. The molecule has 10 nitrogen and oxygen atoms in total. The highest BCUT2D eigenvalue weighted by atomic mass is 32.2. The molecule has 0 N–H and O–H groups in total. The van der Waals surface area contributed by atoms with Crippen molar-refractivity contribution in [2.45, 2.75) is 35.2 Å². The maximum absolute atomic E-state index is 14.2. The van der Waals surface area contributed by atoms with Crippen molar-refractivity contribution in [3.8, 4) is 10.6 Å². The van der Waals surface area contributed by atoms with Gasteiger partial charge in [0.25, 0.3) is 0 Å². The van der Waals surface area contributed by atoms with Crippen LogP contribution in [0, 0.1) is 0 Å². The highest BCUT2D eigenvalue weighted by Gasteiger charge is 2.63. The predicted molar refractivity (Wildman–Crippen MR) is 138 cm³/mol. The lowest BCUT2D eigenvalue weighted by atomic mass is 9.97. The van der Waals surface area contributed by atoms with Crippen molar-refractivity contribution >= 4 is 38.9 Å². The van der Waals surface area contributed by atoms with Crippen molar-refractivity contribution in [2.75, 3.05) is 33.7 Å². The van der Waals surface area contributed by atoms with Gasteiger partial charge in [-0.3, -0.25) is 4.79 Å². The van der Waals surface area contributed by atoms with Crippen LogP contribution >= 0.6 is 11.3 Å². The Kier molecular flexibility index (Phi) is 7.27. The van der Waals surface area contributed by atoms with Gasteiger partial charge in [-0.1, -0.05) is 23.4 Å². The molecule has 1 amide bonds. The van der Waals surface area contributed by atoms with Crippen LogP contribution in [0.5, 0.6) is 0 Å². The Bertz CT molecular complexity index is 1520. The van der Waals surface area contributed by atoms with Gasteiger partial charge in [0.1, 0.15) is 17.9 Å². The van der Waals surface area contributed by atoms with E-state index in [-0.39, 0.29) is 21.5 Å². The van der Waals surface area contributed by atoms with Gasteiger partial charge in [0.15, 0.2) is 16.4 Å². The van der Waals surface area contributed by atoms with E-state index in [9.17, 15) is 31.2 Å². The summed E-state index contributed by atoms with van der Waals surface area (Å²) in [5.41, 5.74) is 0.269. The first-order chi connectivity index (χ1) is 18.8. The number of nitrogens with zero attached hydrogens (tertiary/aromatic N) is 4. The number of hydrogen-bond acceptors (Lipinski definition) is 9. The number of para-hydroxylation sites is 1. The second-order valence-corrected chi connectivity index (χ2v) is 13.1. The molecule has 2 aromatic heterocycles. The number of sulfonamides is 1. The number of rotatable bonds is 6. The fraction of sp³-hybridized carbons (Fsp3) is 0.400. The number of fused-ring (bicyclic) bond motifs is 1. The molecule has 2 aliphatic rings. The summed E-state index contributed by atoms with van der Waals surface area (Å²) in [5, 5.41) is 3.77. The van der Waals surface area contributed by atoms with Gasteiger partial charge in [-0.15, -0.1) is 11.3 Å². The van der Waals surface area contributed by atoms with Gasteiger partial charge in [-0.05, 0) is 45.1 Å². The number of benzene rings is 1. The Morgan fingerprint density at radius 2 is 1.85 bits per heavy atom. The molecule has 1 aromatic carbocycles.